The van der Waals surface area contributed by atoms with Gasteiger partial charge in [-0.1, -0.05) is 0 Å². The number of nitrogens with zero attached hydrogens (tertiary/aromatic N) is 2. The lowest BCUT2D eigenvalue weighted by Gasteiger charge is -2.40. The van der Waals surface area contributed by atoms with Gasteiger partial charge in [0, 0.05) is 19.9 Å². The molecule has 2 rings (SSSR count). The summed E-state index contributed by atoms with van der Waals surface area (Å²) in [6.07, 6.45) is 6.59. The normalized spacial score (nSPS) is 19.2. The van der Waals surface area contributed by atoms with Crippen molar-refractivity contribution in [2.45, 2.75) is 37.8 Å². The fourth-order valence-electron chi connectivity index (χ4n) is 1.95. The molecule has 0 saturated heterocycles. The molecule has 14 heavy (non-hydrogen) atoms. The summed E-state index contributed by atoms with van der Waals surface area (Å²) in [5.74, 6) is 0.588. The monoisotopic (exact) mass is 195 g/mol. The topological polar surface area (TPSA) is 53.1 Å². The highest BCUT2D eigenvalue weighted by atomic mass is 16.5. The third-order valence-electron chi connectivity index (χ3n) is 3.16. The zero-order valence-corrected chi connectivity index (χ0v) is 8.57. The van der Waals surface area contributed by atoms with Gasteiger partial charge in [0.05, 0.1) is 5.60 Å². The lowest BCUT2D eigenvalue weighted by atomic mass is 9.77. The van der Waals surface area contributed by atoms with E-state index in [9.17, 15) is 0 Å². The van der Waals surface area contributed by atoms with Crippen LogP contribution >= 0.6 is 0 Å². The van der Waals surface area contributed by atoms with Crippen molar-refractivity contribution in [3.05, 3.63) is 12.3 Å². The van der Waals surface area contributed by atoms with Crippen LogP contribution in [0.2, 0.25) is 0 Å². The van der Waals surface area contributed by atoms with Gasteiger partial charge in [0.2, 0.25) is 0 Å². The molecule has 0 spiro atoms. The van der Waals surface area contributed by atoms with Crippen LogP contribution in [-0.2, 0) is 11.3 Å². The summed E-state index contributed by atoms with van der Waals surface area (Å²) in [7, 11) is 1.80. The quantitative estimate of drug-likeness (QED) is 0.790. The van der Waals surface area contributed by atoms with Gasteiger partial charge >= 0.3 is 0 Å². The van der Waals surface area contributed by atoms with E-state index < -0.39 is 0 Å². The predicted molar refractivity (Wildman–Crippen MR) is 54.8 cm³/mol. The number of ether oxygens (including phenoxy) is 1. The molecular weight excluding hydrogens is 178 g/mol. The Hall–Kier alpha value is -1.03. The minimum Gasteiger partial charge on any atom is -0.382 e. The second-order valence-corrected chi connectivity index (χ2v) is 3.99. The van der Waals surface area contributed by atoms with Crippen LogP contribution in [0.15, 0.2) is 12.3 Å². The Kier molecular flexibility index (Phi) is 2.46. The molecule has 4 nitrogen and oxygen atoms in total. The van der Waals surface area contributed by atoms with Crippen LogP contribution in [-0.4, -0.2) is 22.5 Å². The van der Waals surface area contributed by atoms with Crippen molar-refractivity contribution < 1.29 is 4.74 Å². The molecule has 0 amide bonds. The Morgan fingerprint density at radius 3 is 2.86 bits per heavy atom. The Bertz CT molecular complexity index is 299. The minimum absolute atomic E-state index is 0.126. The Morgan fingerprint density at radius 1 is 1.64 bits per heavy atom. The minimum atomic E-state index is 0.126. The zero-order valence-electron chi connectivity index (χ0n) is 8.57. The van der Waals surface area contributed by atoms with Crippen LogP contribution in [0.4, 0.5) is 5.82 Å². The molecule has 2 N–H and O–H groups in total. The van der Waals surface area contributed by atoms with Crippen molar-refractivity contribution >= 4 is 5.82 Å². The van der Waals surface area contributed by atoms with E-state index in [1.165, 1.54) is 19.3 Å². The number of hydrogen-bond donors (Lipinski definition) is 1. The molecule has 1 aliphatic rings. The lowest BCUT2D eigenvalue weighted by molar-refractivity contribution is -0.0804. The van der Waals surface area contributed by atoms with Gasteiger partial charge in [0.15, 0.2) is 0 Å². The van der Waals surface area contributed by atoms with Gasteiger partial charge in [-0.25, -0.2) is 0 Å². The molecule has 1 fully saturated rings. The standard InChI is InChI=1S/C10H17N3O/c1-14-10(4-2-5-10)6-8-13-7-3-9(11)12-13/h3,7H,2,4-6,8H2,1H3,(H2,11,12). The first-order valence-electron chi connectivity index (χ1n) is 5.08. The highest BCUT2D eigenvalue weighted by Crippen LogP contribution is 2.38. The fraction of sp³-hybridized carbons (Fsp3) is 0.700. The number of anilines is 1. The van der Waals surface area contributed by atoms with Crippen LogP contribution < -0.4 is 5.73 Å². The Balaban J connectivity index is 1.87. The number of methoxy groups -OCH3 is 1. The maximum atomic E-state index is 5.53. The van der Waals surface area contributed by atoms with E-state index in [2.05, 4.69) is 5.10 Å². The van der Waals surface area contributed by atoms with E-state index in [-0.39, 0.29) is 5.60 Å². The summed E-state index contributed by atoms with van der Waals surface area (Å²) < 4.78 is 7.41. The summed E-state index contributed by atoms with van der Waals surface area (Å²) in [4.78, 5) is 0. The number of nitrogens with two attached hydrogens (primary N) is 1. The molecule has 1 heterocycles. The molecule has 1 aromatic heterocycles. The van der Waals surface area contributed by atoms with E-state index in [1.54, 1.807) is 7.11 Å². The summed E-state index contributed by atoms with van der Waals surface area (Å²) in [5.41, 5.74) is 5.66. The van der Waals surface area contributed by atoms with Crippen LogP contribution in [0.3, 0.4) is 0 Å². The van der Waals surface area contributed by atoms with Crippen LogP contribution in [0.25, 0.3) is 0 Å². The summed E-state index contributed by atoms with van der Waals surface area (Å²) in [6.45, 7) is 0.894. The first-order chi connectivity index (χ1) is 6.74. The van der Waals surface area contributed by atoms with E-state index in [1.807, 2.05) is 16.9 Å². The first-order valence-corrected chi connectivity index (χ1v) is 5.08. The van der Waals surface area contributed by atoms with E-state index >= 15 is 0 Å². The van der Waals surface area contributed by atoms with E-state index in [0.29, 0.717) is 5.82 Å². The zero-order chi connectivity index (χ0) is 10.0. The molecule has 1 aliphatic carbocycles. The lowest BCUT2D eigenvalue weighted by Crippen LogP contribution is -2.40. The number of rotatable bonds is 4. The highest BCUT2D eigenvalue weighted by Gasteiger charge is 2.36. The molecule has 1 aromatic rings. The molecule has 0 aliphatic heterocycles. The van der Waals surface area contributed by atoms with Gasteiger partial charge in [-0.2, -0.15) is 5.10 Å². The van der Waals surface area contributed by atoms with Gasteiger partial charge in [-0.05, 0) is 31.7 Å². The van der Waals surface area contributed by atoms with Crippen molar-refractivity contribution in [2.75, 3.05) is 12.8 Å². The largest absolute Gasteiger partial charge is 0.382 e. The number of aryl methyl sites for hydroxylation is 1. The second kappa shape index (κ2) is 3.61. The summed E-state index contributed by atoms with van der Waals surface area (Å²) >= 11 is 0. The van der Waals surface area contributed by atoms with Gasteiger partial charge < -0.3 is 10.5 Å². The molecule has 4 heteroatoms. The second-order valence-electron chi connectivity index (χ2n) is 3.99. The summed E-state index contributed by atoms with van der Waals surface area (Å²) in [5, 5.41) is 4.15. The van der Waals surface area contributed by atoms with Gasteiger partial charge in [0.1, 0.15) is 5.82 Å². The molecule has 0 bridgehead atoms. The molecule has 0 radical (unpaired) electrons. The molecule has 1 saturated carbocycles. The maximum absolute atomic E-state index is 5.53. The third kappa shape index (κ3) is 1.75. The molecule has 0 aromatic carbocycles. The van der Waals surface area contributed by atoms with Crippen molar-refractivity contribution in [1.82, 2.24) is 9.78 Å². The number of aromatic nitrogens is 2. The molecule has 0 atom stereocenters. The smallest absolute Gasteiger partial charge is 0.145 e. The average molecular weight is 195 g/mol. The van der Waals surface area contributed by atoms with Crippen LogP contribution in [0.1, 0.15) is 25.7 Å². The maximum Gasteiger partial charge on any atom is 0.145 e. The Morgan fingerprint density at radius 2 is 2.43 bits per heavy atom. The highest BCUT2D eigenvalue weighted by molar-refractivity contribution is 5.23. The number of nitrogen functional groups attached to an aromatic ring is 1. The molecule has 78 valence electrons. The SMILES string of the molecule is COC1(CCn2ccc(N)n2)CCC1. The first kappa shape index (κ1) is 9.52. The summed E-state index contributed by atoms with van der Waals surface area (Å²) in [6, 6.07) is 1.82. The van der Waals surface area contributed by atoms with Crippen LogP contribution in [0, 0.1) is 0 Å². The van der Waals surface area contributed by atoms with Crippen molar-refractivity contribution in [3.8, 4) is 0 Å². The number of hydrogen-bond acceptors (Lipinski definition) is 3. The predicted octanol–water partition coefficient (Wildman–Crippen LogP) is 1.42. The van der Waals surface area contributed by atoms with Crippen molar-refractivity contribution in [1.29, 1.82) is 0 Å². The van der Waals surface area contributed by atoms with Crippen molar-refractivity contribution in [2.24, 2.45) is 0 Å². The van der Waals surface area contributed by atoms with Gasteiger partial charge in [-0.15, -0.1) is 0 Å². The van der Waals surface area contributed by atoms with Gasteiger partial charge in [0.25, 0.3) is 0 Å². The third-order valence-corrected chi connectivity index (χ3v) is 3.16. The average Bonchev–Trinajstić information content (AvgIpc) is 2.50. The van der Waals surface area contributed by atoms with Crippen LogP contribution in [0.5, 0.6) is 0 Å². The molecule has 0 unspecified atom stereocenters. The van der Waals surface area contributed by atoms with Crippen molar-refractivity contribution in [3.63, 3.8) is 0 Å². The van der Waals surface area contributed by atoms with E-state index in [4.69, 9.17) is 10.5 Å². The Labute approximate surface area is 84.0 Å². The van der Waals surface area contributed by atoms with E-state index in [0.717, 1.165) is 13.0 Å². The fourth-order valence-corrected chi connectivity index (χ4v) is 1.95. The van der Waals surface area contributed by atoms with Gasteiger partial charge in [-0.3, -0.25) is 4.68 Å². The molecular formula is C10H17N3O.